The number of hydrogen-bond donors (Lipinski definition) is 0. The topological polar surface area (TPSA) is 98.1 Å². The van der Waals surface area contributed by atoms with Gasteiger partial charge >= 0.3 is 0 Å². The van der Waals surface area contributed by atoms with E-state index in [9.17, 15) is 5.26 Å². The molecule has 16 aromatic rings. The van der Waals surface area contributed by atoms with Gasteiger partial charge in [-0.15, -0.1) is 0 Å². The molecule has 88 heavy (non-hydrogen) atoms. The molecule has 410 valence electrons. The lowest BCUT2D eigenvalue weighted by molar-refractivity contribution is 1.06. The van der Waals surface area contributed by atoms with Crippen LogP contribution in [0, 0.1) is 11.3 Å². The highest BCUT2D eigenvalue weighted by Gasteiger charge is 2.24. The van der Waals surface area contributed by atoms with Crippen LogP contribution in [0.25, 0.3) is 156 Å². The molecule has 0 aliphatic heterocycles. The summed E-state index contributed by atoms with van der Waals surface area (Å²) in [4.78, 5) is 25.4. The highest BCUT2D eigenvalue weighted by atomic mass is 15.1. The first-order valence-corrected chi connectivity index (χ1v) is 29.3. The summed E-state index contributed by atoms with van der Waals surface area (Å²) in [5.41, 5.74) is 23.3. The maximum atomic E-state index is 10.5. The lowest BCUT2D eigenvalue weighted by Crippen LogP contribution is -2.03. The SMILES string of the molecule is N#Cc1cccc(-c2cc(-n3c4ccc(-c5cccnc5-c5ccccc5)cc4c4cc(-c5cccnc5-c5ccccc5)ccc43)ncc2-n2c3ccc(-c4cccnc4-c4ccccc4)cc3c3cc(-c4cccnc4-c4ccccc4)ccc32)c1. The van der Waals surface area contributed by atoms with Crippen molar-refractivity contribution in [1.82, 2.24) is 34.1 Å². The number of aromatic nitrogens is 7. The second kappa shape index (κ2) is 21.8. The Bertz CT molecular complexity index is 5110. The third-order valence-electron chi connectivity index (χ3n) is 16.8. The van der Waals surface area contributed by atoms with Crippen LogP contribution in [-0.2, 0) is 0 Å². The monoisotopic (exact) mass is 1120 g/mol. The predicted octanol–water partition coefficient (Wildman–Crippen LogP) is 19.7. The van der Waals surface area contributed by atoms with E-state index in [0.717, 1.165) is 156 Å². The Kier molecular flexibility index (Phi) is 12.7. The minimum atomic E-state index is 0.558. The minimum absolute atomic E-state index is 0.558. The Morgan fingerprint density at radius 1 is 0.261 bits per heavy atom. The summed E-state index contributed by atoms with van der Waals surface area (Å²) in [6.07, 6.45) is 9.46. The zero-order valence-electron chi connectivity index (χ0n) is 47.4. The molecule has 0 bridgehead atoms. The van der Waals surface area contributed by atoms with Crippen molar-refractivity contribution < 1.29 is 0 Å². The smallest absolute Gasteiger partial charge is 0.138 e. The highest BCUT2D eigenvalue weighted by Crippen LogP contribution is 2.45. The Hall–Kier alpha value is -12.2. The van der Waals surface area contributed by atoms with Gasteiger partial charge in [-0.3, -0.25) is 24.5 Å². The average Bonchev–Trinajstić information content (AvgIpc) is 2.87. The molecule has 0 saturated carbocycles. The van der Waals surface area contributed by atoms with Gasteiger partial charge in [0.1, 0.15) is 5.82 Å². The zero-order valence-corrected chi connectivity index (χ0v) is 47.4. The Balaban J connectivity index is 0.938. The van der Waals surface area contributed by atoms with Gasteiger partial charge in [0.15, 0.2) is 0 Å². The van der Waals surface area contributed by atoms with Gasteiger partial charge in [0, 0.05) is 96.4 Å². The molecule has 0 N–H and O–H groups in total. The lowest BCUT2D eigenvalue weighted by Gasteiger charge is -2.17. The van der Waals surface area contributed by atoms with E-state index in [1.807, 2.05) is 97.7 Å². The molecule has 0 spiro atoms. The fourth-order valence-corrected chi connectivity index (χ4v) is 12.8. The lowest BCUT2D eigenvalue weighted by atomic mass is 9.96. The summed E-state index contributed by atoms with van der Waals surface area (Å²) in [5.74, 6) is 0.722. The molecule has 0 saturated heterocycles. The van der Waals surface area contributed by atoms with E-state index in [-0.39, 0.29) is 0 Å². The summed E-state index contributed by atoms with van der Waals surface area (Å²) in [5, 5.41) is 14.7. The van der Waals surface area contributed by atoms with Crippen molar-refractivity contribution in [3.05, 3.63) is 310 Å². The quantitative estimate of drug-likeness (QED) is 0.128. The van der Waals surface area contributed by atoms with Crippen molar-refractivity contribution in [2.45, 2.75) is 0 Å². The van der Waals surface area contributed by atoms with Crippen LogP contribution in [0.15, 0.2) is 304 Å². The Labute approximate surface area is 507 Å². The van der Waals surface area contributed by atoms with Crippen LogP contribution in [0.5, 0.6) is 0 Å². The summed E-state index contributed by atoms with van der Waals surface area (Å²) >= 11 is 0. The van der Waals surface area contributed by atoms with Crippen LogP contribution in [0.3, 0.4) is 0 Å². The molecular formula is C80H50N8. The van der Waals surface area contributed by atoms with E-state index in [1.54, 1.807) is 0 Å². The Morgan fingerprint density at radius 2 is 0.591 bits per heavy atom. The molecule has 9 aromatic carbocycles. The molecule has 0 aliphatic rings. The maximum absolute atomic E-state index is 10.5. The number of hydrogen-bond acceptors (Lipinski definition) is 6. The van der Waals surface area contributed by atoms with Crippen molar-refractivity contribution in [1.29, 1.82) is 5.26 Å². The molecule has 7 aromatic heterocycles. The first-order valence-electron chi connectivity index (χ1n) is 29.3. The number of pyridine rings is 5. The molecule has 0 atom stereocenters. The molecule has 8 heteroatoms. The second-order valence-electron chi connectivity index (χ2n) is 21.9. The van der Waals surface area contributed by atoms with Gasteiger partial charge < -0.3 is 4.57 Å². The van der Waals surface area contributed by atoms with Crippen LogP contribution >= 0.6 is 0 Å². The van der Waals surface area contributed by atoms with E-state index in [0.29, 0.717) is 5.56 Å². The van der Waals surface area contributed by atoms with Crippen molar-refractivity contribution in [3.63, 3.8) is 0 Å². The van der Waals surface area contributed by atoms with Gasteiger partial charge in [-0.25, -0.2) is 4.98 Å². The average molecular weight is 1120 g/mol. The normalized spacial score (nSPS) is 11.4. The van der Waals surface area contributed by atoms with Crippen molar-refractivity contribution in [3.8, 4) is 118 Å². The number of nitrogens with zero attached hydrogens (tertiary/aromatic N) is 8. The highest BCUT2D eigenvalue weighted by molar-refractivity contribution is 6.14. The molecule has 0 radical (unpaired) electrons. The molecule has 8 nitrogen and oxygen atoms in total. The number of rotatable bonds is 11. The predicted molar refractivity (Wildman–Crippen MR) is 358 cm³/mol. The maximum Gasteiger partial charge on any atom is 0.138 e. The number of benzene rings is 9. The van der Waals surface area contributed by atoms with E-state index < -0.39 is 0 Å². The summed E-state index contributed by atoms with van der Waals surface area (Å²) in [6.45, 7) is 0. The first-order chi connectivity index (χ1) is 43.6. The summed E-state index contributed by atoms with van der Waals surface area (Å²) in [6, 6.07) is 97.6. The fraction of sp³-hybridized carbons (Fsp3) is 0. The molecule has 0 amide bonds. The number of fused-ring (bicyclic) bond motifs is 6. The van der Waals surface area contributed by atoms with Gasteiger partial charge in [-0.05, 0) is 119 Å². The van der Waals surface area contributed by atoms with Crippen molar-refractivity contribution >= 4 is 43.6 Å². The largest absolute Gasteiger partial charge is 0.307 e. The molecule has 7 heterocycles. The third-order valence-corrected chi connectivity index (χ3v) is 16.8. The van der Waals surface area contributed by atoms with E-state index in [2.05, 4.69) is 221 Å². The van der Waals surface area contributed by atoms with Gasteiger partial charge in [0.25, 0.3) is 0 Å². The van der Waals surface area contributed by atoms with E-state index in [1.165, 1.54) is 0 Å². The molecule has 0 fully saturated rings. The van der Waals surface area contributed by atoms with Gasteiger partial charge in [-0.1, -0.05) is 182 Å². The van der Waals surface area contributed by atoms with Crippen molar-refractivity contribution in [2.75, 3.05) is 0 Å². The van der Waals surface area contributed by atoms with Gasteiger partial charge in [-0.2, -0.15) is 5.26 Å². The van der Waals surface area contributed by atoms with Crippen LogP contribution in [0.2, 0.25) is 0 Å². The first kappa shape index (κ1) is 51.5. The van der Waals surface area contributed by atoms with Crippen LogP contribution in [0.1, 0.15) is 5.56 Å². The summed E-state index contributed by atoms with van der Waals surface area (Å²) < 4.78 is 4.62. The van der Waals surface area contributed by atoms with Crippen LogP contribution in [-0.4, -0.2) is 34.1 Å². The Morgan fingerprint density at radius 3 is 0.943 bits per heavy atom. The van der Waals surface area contributed by atoms with Gasteiger partial charge in [0.2, 0.25) is 0 Å². The fourth-order valence-electron chi connectivity index (χ4n) is 12.8. The van der Waals surface area contributed by atoms with E-state index >= 15 is 0 Å². The molecule has 0 unspecified atom stereocenters. The van der Waals surface area contributed by atoms with Crippen LogP contribution in [0.4, 0.5) is 0 Å². The van der Waals surface area contributed by atoms with Crippen LogP contribution < -0.4 is 0 Å². The molecule has 0 aliphatic carbocycles. The molecular weight excluding hydrogens is 1070 g/mol. The zero-order chi connectivity index (χ0) is 58.5. The van der Waals surface area contributed by atoms with Crippen molar-refractivity contribution in [2.24, 2.45) is 0 Å². The number of nitriles is 1. The summed E-state index contributed by atoms with van der Waals surface area (Å²) in [7, 11) is 0. The molecule has 16 rings (SSSR count). The van der Waals surface area contributed by atoms with E-state index in [4.69, 9.17) is 24.9 Å². The third kappa shape index (κ3) is 8.98. The van der Waals surface area contributed by atoms with Gasteiger partial charge in [0.05, 0.1) is 68.4 Å². The standard InChI is InChI=1S/C80H50N8/c81-50-52-18-13-27-57(44-52)66-49-76(88-73-38-34-60(64-30-16-42-84-79(64)55-23-9-3-10-24-55)47-69(73)70-48-61(35-39-74(70)88)65-31-17-43-85-80(65)56-25-11-4-12-26-56)86-51-75(66)87-71-36-32-58(62-28-14-40-82-77(62)53-19-5-1-6-20-53)45-67(71)68-46-59(33-37-72(68)87)63-29-15-41-83-78(63)54-21-7-2-8-22-54/h1-49,51H. The minimum Gasteiger partial charge on any atom is -0.307 e. The second-order valence-corrected chi connectivity index (χ2v) is 21.9.